The van der Waals surface area contributed by atoms with Crippen LogP contribution in [0.3, 0.4) is 0 Å². The Balaban J connectivity index is 1.87. The van der Waals surface area contributed by atoms with Crippen LogP contribution in [-0.4, -0.2) is 39.5 Å². The maximum absolute atomic E-state index is 12.1. The molecule has 0 spiro atoms. The van der Waals surface area contributed by atoms with Crippen molar-refractivity contribution in [3.63, 3.8) is 0 Å². The second kappa shape index (κ2) is 6.89. The van der Waals surface area contributed by atoms with Crippen LogP contribution in [0.15, 0.2) is 27.6 Å². The van der Waals surface area contributed by atoms with Gasteiger partial charge in [-0.2, -0.15) is 0 Å². The number of nitrogen functional groups attached to an aromatic ring is 1. The molecule has 0 amide bonds. The molecule has 1 fully saturated rings. The third-order valence-corrected chi connectivity index (χ3v) is 5.43. The molecular formula is C13H20BrN3O2S. The number of sulfonamides is 1. The quantitative estimate of drug-likeness (QED) is 0.598. The van der Waals surface area contributed by atoms with Crippen LogP contribution < -0.4 is 10.5 Å². The maximum atomic E-state index is 12.1. The highest BCUT2D eigenvalue weighted by molar-refractivity contribution is 9.10. The zero-order valence-electron chi connectivity index (χ0n) is 11.3. The molecular weight excluding hydrogens is 342 g/mol. The van der Waals surface area contributed by atoms with Gasteiger partial charge >= 0.3 is 0 Å². The van der Waals surface area contributed by atoms with Crippen molar-refractivity contribution in [2.24, 2.45) is 0 Å². The van der Waals surface area contributed by atoms with Crippen molar-refractivity contribution in [2.75, 3.05) is 31.9 Å². The van der Waals surface area contributed by atoms with E-state index in [1.807, 2.05) is 0 Å². The van der Waals surface area contributed by atoms with Gasteiger partial charge in [-0.3, -0.25) is 0 Å². The van der Waals surface area contributed by atoms with Gasteiger partial charge in [-0.25, -0.2) is 13.1 Å². The van der Waals surface area contributed by atoms with E-state index in [9.17, 15) is 8.42 Å². The van der Waals surface area contributed by atoms with Gasteiger partial charge in [-0.15, -0.1) is 0 Å². The summed E-state index contributed by atoms with van der Waals surface area (Å²) in [4.78, 5) is 2.50. The summed E-state index contributed by atoms with van der Waals surface area (Å²) in [6.07, 6.45) is 3.32. The molecule has 3 N–H and O–H groups in total. The minimum atomic E-state index is -3.52. The molecule has 0 unspecified atom stereocenters. The Morgan fingerprint density at radius 1 is 1.30 bits per heavy atom. The van der Waals surface area contributed by atoms with Crippen LogP contribution in [0.4, 0.5) is 5.69 Å². The minimum Gasteiger partial charge on any atom is -0.398 e. The lowest BCUT2D eigenvalue weighted by Gasteiger charge is -2.14. The second-order valence-corrected chi connectivity index (χ2v) is 7.63. The van der Waals surface area contributed by atoms with Crippen LogP contribution in [0, 0.1) is 0 Å². The minimum absolute atomic E-state index is 0.141. The van der Waals surface area contributed by atoms with Gasteiger partial charge in [0, 0.05) is 11.0 Å². The van der Waals surface area contributed by atoms with Gasteiger partial charge in [0.1, 0.15) is 4.90 Å². The van der Waals surface area contributed by atoms with Crippen LogP contribution in [0.1, 0.15) is 19.3 Å². The first-order valence-electron chi connectivity index (χ1n) is 6.76. The number of nitrogens with two attached hydrogens (primary N) is 1. The van der Waals surface area contributed by atoms with Crippen LogP contribution in [0.2, 0.25) is 0 Å². The number of rotatable bonds is 6. The molecule has 20 heavy (non-hydrogen) atoms. The Kier molecular flexibility index (Phi) is 5.42. The molecule has 1 aliphatic rings. The number of nitrogens with zero attached hydrogens (tertiary/aromatic N) is 1. The first-order chi connectivity index (χ1) is 9.49. The average Bonchev–Trinajstić information content (AvgIpc) is 2.87. The average molecular weight is 362 g/mol. The Hall–Kier alpha value is -0.630. The molecule has 0 radical (unpaired) electrons. The number of likely N-dealkylation sites (tertiary alicyclic amines) is 1. The molecule has 0 aliphatic carbocycles. The molecule has 1 aromatic carbocycles. The van der Waals surface area contributed by atoms with E-state index in [4.69, 9.17) is 5.73 Å². The van der Waals surface area contributed by atoms with E-state index in [1.165, 1.54) is 18.9 Å². The van der Waals surface area contributed by atoms with Gasteiger partial charge in [0.15, 0.2) is 0 Å². The summed E-state index contributed by atoms with van der Waals surface area (Å²) in [6.45, 7) is 3.64. The standard InChI is InChI=1S/C13H20BrN3O2S/c14-11-4-5-13(12(15)10-11)20(18,19)16-6-3-9-17-7-1-2-8-17/h4-5,10,16H,1-3,6-9,15H2. The van der Waals surface area contributed by atoms with Gasteiger partial charge in [0.25, 0.3) is 0 Å². The van der Waals surface area contributed by atoms with Crippen molar-refractivity contribution in [3.05, 3.63) is 22.7 Å². The molecule has 1 saturated heterocycles. The highest BCUT2D eigenvalue weighted by Crippen LogP contribution is 2.22. The van der Waals surface area contributed by atoms with Crippen molar-refractivity contribution < 1.29 is 8.42 Å². The molecule has 0 aromatic heterocycles. The zero-order valence-corrected chi connectivity index (χ0v) is 13.7. The van der Waals surface area contributed by atoms with Gasteiger partial charge in [-0.1, -0.05) is 15.9 Å². The van der Waals surface area contributed by atoms with Crippen LogP contribution >= 0.6 is 15.9 Å². The SMILES string of the molecule is Nc1cc(Br)ccc1S(=O)(=O)NCCCN1CCCC1. The normalized spacial score (nSPS) is 16.6. The fourth-order valence-corrected chi connectivity index (χ4v) is 3.92. The number of halogens is 1. The summed E-state index contributed by atoms with van der Waals surface area (Å²) in [5.74, 6) is 0. The van der Waals surface area contributed by atoms with Crippen molar-refractivity contribution in [3.8, 4) is 0 Å². The molecule has 1 heterocycles. The molecule has 2 rings (SSSR count). The van der Waals surface area contributed by atoms with Crippen LogP contribution in [0.25, 0.3) is 0 Å². The van der Waals surface area contributed by atoms with Gasteiger partial charge in [0.05, 0.1) is 5.69 Å². The van der Waals surface area contributed by atoms with Crippen molar-refractivity contribution in [1.82, 2.24) is 9.62 Å². The fourth-order valence-electron chi connectivity index (χ4n) is 2.36. The highest BCUT2D eigenvalue weighted by Gasteiger charge is 2.17. The van der Waals surface area contributed by atoms with E-state index < -0.39 is 10.0 Å². The predicted molar refractivity (Wildman–Crippen MR) is 84.0 cm³/mol. The van der Waals surface area contributed by atoms with E-state index in [1.54, 1.807) is 12.1 Å². The molecule has 1 aromatic rings. The summed E-state index contributed by atoms with van der Waals surface area (Å²) >= 11 is 3.26. The fraction of sp³-hybridized carbons (Fsp3) is 0.538. The van der Waals surface area contributed by atoms with Crippen molar-refractivity contribution >= 4 is 31.6 Å². The lowest BCUT2D eigenvalue weighted by molar-refractivity contribution is 0.334. The first-order valence-corrected chi connectivity index (χ1v) is 9.04. The van der Waals surface area contributed by atoms with Crippen molar-refractivity contribution in [1.29, 1.82) is 0 Å². The Labute approximate surface area is 128 Å². The van der Waals surface area contributed by atoms with E-state index in [2.05, 4.69) is 25.6 Å². The summed E-state index contributed by atoms with van der Waals surface area (Å²) in [5.41, 5.74) is 6.01. The van der Waals surface area contributed by atoms with E-state index in [-0.39, 0.29) is 10.6 Å². The Morgan fingerprint density at radius 3 is 2.65 bits per heavy atom. The third-order valence-electron chi connectivity index (χ3n) is 3.40. The summed E-state index contributed by atoms with van der Waals surface area (Å²) in [6, 6.07) is 4.79. The first kappa shape index (κ1) is 15.8. The number of nitrogens with one attached hydrogen (secondary N) is 1. The van der Waals surface area contributed by atoms with Crippen LogP contribution in [-0.2, 0) is 10.0 Å². The molecule has 0 bridgehead atoms. The van der Waals surface area contributed by atoms with Gasteiger partial charge < -0.3 is 10.6 Å². The smallest absolute Gasteiger partial charge is 0.242 e. The van der Waals surface area contributed by atoms with E-state index >= 15 is 0 Å². The topological polar surface area (TPSA) is 75.4 Å². The number of hydrogen-bond acceptors (Lipinski definition) is 4. The van der Waals surface area contributed by atoms with Crippen molar-refractivity contribution in [2.45, 2.75) is 24.2 Å². The van der Waals surface area contributed by atoms with Gasteiger partial charge in [0.2, 0.25) is 10.0 Å². The summed E-state index contributed by atoms with van der Waals surface area (Å²) in [7, 11) is -3.52. The summed E-state index contributed by atoms with van der Waals surface area (Å²) in [5, 5.41) is 0. The molecule has 5 nitrogen and oxygen atoms in total. The highest BCUT2D eigenvalue weighted by atomic mass is 79.9. The Morgan fingerprint density at radius 2 is 2.00 bits per heavy atom. The monoisotopic (exact) mass is 361 g/mol. The third kappa shape index (κ3) is 4.18. The zero-order chi connectivity index (χ0) is 14.6. The molecule has 112 valence electrons. The number of anilines is 1. The summed E-state index contributed by atoms with van der Waals surface area (Å²) < 4.78 is 27.7. The van der Waals surface area contributed by atoms with E-state index in [0.29, 0.717) is 6.54 Å². The van der Waals surface area contributed by atoms with Gasteiger partial charge in [-0.05, 0) is 57.1 Å². The molecule has 0 atom stereocenters. The number of hydrogen-bond donors (Lipinski definition) is 2. The van der Waals surface area contributed by atoms with E-state index in [0.717, 1.165) is 30.5 Å². The lowest BCUT2D eigenvalue weighted by atomic mass is 10.3. The largest absolute Gasteiger partial charge is 0.398 e. The maximum Gasteiger partial charge on any atom is 0.242 e. The lowest BCUT2D eigenvalue weighted by Crippen LogP contribution is -2.29. The molecule has 0 saturated carbocycles. The number of benzene rings is 1. The molecule has 7 heteroatoms. The van der Waals surface area contributed by atoms with Crippen LogP contribution in [0.5, 0.6) is 0 Å². The Bertz CT molecular complexity index is 557. The predicted octanol–water partition coefficient (Wildman–Crippen LogP) is 1.80. The second-order valence-electron chi connectivity index (χ2n) is 4.98. The molecule has 1 aliphatic heterocycles.